The molecule has 1 aromatic rings. The van der Waals surface area contributed by atoms with E-state index in [1.165, 1.54) is 0 Å². The van der Waals surface area contributed by atoms with Crippen LogP contribution in [0, 0.1) is 11.8 Å². The maximum atomic E-state index is 13.2. The Kier molecular flexibility index (Phi) is 12.4. The summed E-state index contributed by atoms with van der Waals surface area (Å²) in [4.78, 5) is 34.6. The minimum absolute atomic E-state index is 0.00667. The van der Waals surface area contributed by atoms with E-state index in [0.717, 1.165) is 24.4 Å². The quantitative estimate of drug-likeness (QED) is 0.254. The van der Waals surface area contributed by atoms with Crippen LogP contribution in [0.4, 0.5) is 4.79 Å². The summed E-state index contributed by atoms with van der Waals surface area (Å²) in [6, 6.07) is 6.30. The average molecular weight is 582 g/mol. The van der Waals surface area contributed by atoms with E-state index in [0.29, 0.717) is 32.0 Å². The zero-order valence-electron chi connectivity index (χ0n) is 26.5. The molecular weight excluding hydrogens is 530 g/mol. The van der Waals surface area contributed by atoms with Crippen LogP contribution in [0.2, 0.25) is 0 Å². The minimum Gasteiger partial charge on any atom is -0.457 e. The summed E-state index contributed by atoms with van der Waals surface area (Å²) in [7, 11) is 0. The predicted octanol–water partition coefficient (Wildman–Crippen LogP) is 5.89. The second-order valence-corrected chi connectivity index (χ2v) is 12.6. The van der Waals surface area contributed by atoms with Gasteiger partial charge < -0.3 is 19.5 Å². The molecule has 6 atom stereocenters. The van der Waals surface area contributed by atoms with Gasteiger partial charge in [-0.3, -0.25) is 14.7 Å². The number of aliphatic hydroxyl groups is 1. The molecular formula is C34H51N3O5. The number of allylic oxidation sites excluding steroid dienone is 3. The molecule has 3 rings (SSSR count). The highest BCUT2D eigenvalue weighted by atomic mass is 16.6. The molecule has 1 N–H and O–H groups in total. The molecule has 0 radical (unpaired) electrons. The maximum absolute atomic E-state index is 13.2. The summed E-state index contributed by atoms with van der Waals surface area (Å²) in [5.41, 5.74) is 0.600. The number of cyclic esters (lactones) is 1. The zero-order chi connectivity index (χ0) is 30.9. The first-order valence-electron chi connectivity index (χ1n) is 15.4. The molecule has 1 fully saturated rings. The van der Waals surface area contributed by atoms with E-state index in [2.05, 4.69) is 36.7 Å². The fourth-order valence-corrected chi connectivity index (χ4v) is 5.44. The van der Waals surface area contributed by atoms with Crippen molar-refractivity contribution in [3.05, 3.63) is 66.0 Å². The third-order valence-electron chi connectivity index (χ3n) is 8.49. The molecule has 1 saturated heterocycles. The number of nitrogens with zero attached hydrogens (tertiary/aromatic N) is 3. The molecule has 2 aliphatic rings. The first-order valence-corrected chi connectivity index (χ1v) is 15.4. The monoisotopic (exact) mass is 581 g/mol. The largest absolute Gasteiger partial charge is 0.457 e. The van der Waals surface area contributed by atoms with Crippen LogP contribution in [-0.4, -0.2) is 82.0 Å². The fourth-order valence-electron chi connectivity index (χ4n) is 5.44. The number of pyridine rings is 1. The van der Waals surface area contributed by atoms with Crippen LogP contribution in [0.3, 0.4) is 0 Å². The third kappa shape index (κ3) is 9.80. The van der Waals surface area contributed by atoms with Gasteiger partial charge in [0.05, 0.1) is 0 Å². The van der Waals surface area contributed by atoms with Crippen LogP contribution < -0.4 is 0 Å². The van der Waals surface area contributed by atoms with E-state index >= 15 is 0 Å². The summed E-state index contributed by atoms with van der Waals surface area (Å²) in [6.07, 6.45) is 11.0. The van der Waals surface area contributed by atoms with E-state index in [1.54, 1.807) is 24.1 Å². The Labute approximate surface area is 252 Å². The molecule has 0 saturated carbocycles. The van der Waals surface area contributed by atoms with Gasteiger partial charge in [0.15, 0.2) is 6.10 Å². The van der Waals surface area contributed by atoms with E-state index in [1.807, 2.05) is 57.2 Å². The number of amides is 1. The van der Waals surface area contributed by atoms with Crippen molar-refractivity contribution in [1.82, 2.24) is 14.8 Å². The van der Waals surface area contributed by atoms with Gasteiger partial charge in [0.1, 0.15) is 11.7 Å². The van der Waals surface area contributed by atoms with E-state index < -0.39 is 23.9 Å². The lowest BCUT2D eigenvalue weighted by molar-refractivity contribution is -0.150. The van der Waals surface area contributed by atoms with Gasteiger partial charge in [0, 0.05) is 62.4 Å². The minimum atomic E-state index is -1.28. The second-order valence-electron chi connectivity index (χ2n) is 12.6. The first kappa shape index (κ1) is 33.5. The van der Waals surface area contributed by atoms with Crippen molar-refractivity contribution >= 4 is 12.1 Å². The number of piperazine rings is 1. The van der Waals surface area contributed by atoms with Gasteiger partial charge in [0.2, 0.25) is 0 Å². The molecule has 0 spiro atoms. The number of carbonyl (C=O) groups excluding carboxylic acids is 2. The molecule has 8 nitrogen and oxygen atoms in total. The summed E-state index contributed by atoms with van der Waals surface area (Å²) < 4.78 is 12.0. The lowest BCUT2D eigenvalue weighted by Gasteiger charge is -2.38. The van der Waals surface area contributed by atoms with Crippen LogP contribution in [-0.2, 0) is 14.3 Å². The van der Waals surface area contributed by atoms with Crippen LogP contribution in [0.15, 0.2) is 60.3 Å². The number of hydrogen-bond donors (Lipinski definition) is 1. The number of aromatic nitrogens is 1. The Hall–Kier alpha value is -2.97. The molecule has 232 valence electrons. The normalized spacial score (nSPS) is 30.4. The van der Waals surface area contributed by atoms with Crippen molar-refractivity contribution in [2.24, 2.45) is 11.8 Å². The van der Waals surface area contributed by atoms with Crippen molar-refractivity contribution in [1.29, 1.82) is 0 Å². The van der Waals surface area contributed by atoms with Gasteiger partial charge in [-0.2, -0.15) is 0 Å². The Morgan fingerprint density at radius 3 is 2.52 bits per heavy atom. The molecule has 2 aliphatic heterocycles. The SMILES string of the molecule is C/C(=C\C=C\[C@@H](C)c1ccccn1)[C@H]1OC(=O)C[C@H](C)CC[C@@](C)(O)[C@@H](OC(=O)N2CCN(C(C)C)CC2)/C=C/[C@@H]1C. The van der Waals surface area contributed by atoms with Gasteiger partial charge in [-0.05, 0) is 70.2 Å². The smallest absolute Gasteiger partial charge is 0.410 e. The fraction of sp³-hybridized carbons (Fsp3) is 0.618. The predicted molar refractivity (Wildman–Crippen MR) is 166 cm³/mol. The molecule has 0 unspecified atom stereocenters. The number of rotatable bonds is 6. The summed E-state index contributed by atoms with van der Waals surface area (Å²) in [5, 5.41) is 11.5. The summed E-state index contributed by atoms with van der Waals surface area (Å²) >= 11 is 0. The lowest BCUT2D eigenvalue weighted by atomic mass is 9.87. The first-order chi connectivity index (χ1) is 19.9. The molecule has 1 aromatic heterocycles. The highest BCUT2D eigenvalue weighted by Gasteiger charge is 2.36. The van der Waals surface area contributed by atoms with E-state index in [-0.39, 0.29) is 30.1 Å². The van der Waals surface area contributed by atoms with Gasteiger partial charge >= 0.3 is 12.1 Å². The topological polar surface area (TPSA) is 92.2 Å². The number of hydrogen-bond acceptors (Lipinski definition) is 7. The van der Waals surface area contributed by atoms with E-state index in [9.17, 15) is 14.7 Å². The van der Waals surface area contributed by atoms with Crippen LogP contribution in [0.5, 0.6) is 0 Å². The third-order valence-corrected chi connectivity index (χ3v) is 8.49. The van der Waals surface area contributed by atoms with Crippen molar-refractivity contribution in [3.8, 4) is 0 Å². The zero-order valence-corrected chi connectivity index (χ0v) is 26.5. The maximum Gasteiger partial charge on any atom is 0.410 e. The Morgan fingerprint density at radius 1 is 1.17 bits per heavy atom. The molecule has 42 heavy (non-hydrogen) atoms. The van der Waals surface area contributed by atoms with Gasteiger partial charge in [0.25, 0.3) is 0 Å². The van der Waals surface area contributed by atoms with Crippen LogP contribution >= 0.6 is 0 Å². The highest BCUT2D eigenvalue weighted by Crippen LogP contribution is 2.29. The van der Waals surface area contributed by atoms with Gasteiger partial charge in [-0.1, -0.05) is 51.1 Å². The van der Waals surface area contributed by atoms with Crippen molar-refractivity contribution in [3.63, 3.8) is 0 Å². The van der Waals surface area contributed by atoms with Gasteiger partial charge in [-0.25, -0.2) is 4.79 Å². The molecule has 0 bridgehead atoms. The number of esters is 1. The number of ether oxygens (including phenoxy) is 2. The van der Waals surface area contributed by atoms with Gasteiger partial charge in [-0.15, -0.1) is 0 Å². The summed E-state index contributed by atoms with van der Waals surface area (Å²) in [6.45, 7) is 16.8. The van der Waals surface area contributed by atoms with Crippen LogP contribution in [0.25, 0.3) is 0 Å². The molecule has 1 amide bonds. The standard InChI is InChI=1S/C34H51N3O5/c1-24(2)36-19-21-37(22-20-36)33(39)41-30-15-14-28(6)32(42-31(38)23-25(3)16-17-34(30,7)40)27(5)12-10-11-26(4)29-13-8-9-18-35-29/h8-15,18,24-26,28,30,32,40H,16-17,19-23H2,1-7H3/b11-10+,15-14+,27-12+/t25-,26-,28+,30+,32-,34-/m1/s1. The number of carbonyl (C=O) groups is 2. The van der Waals surface area contributed by atoms with Crippen molar-refractivity contribution in [2.45, 2.75) is 97.5 Å². The highest BCUT2D eigenvalue weighted by molar-refractivity contribution is 5.70. The Bertz CT molecular complexity index is 1110. The lowest BCUT2D eigenvalue weighted by Crippen LogP contribution is -2.52. The van der Waals surface area contributed by atoms with E-state index in [4.69, 9.17) is 9.47 Å². The Morgan fingerprint density at radius 2 is 1.88 bits per heavy atom. The van der Waals surface area contributed by atoms with Crippen LogP contribution in [0.1, 0.15) is 79.3 Å². The average Bonchev–Trinajstić information content (AvgIpc) is 2.96. The summed E-state index contributed by atoms with van der Waals surface area (Å²) in [5.74, 6) is -0.325. The molecule has 0 aromatic carbocycles. The Balaban J connectivity index is 1.79. The molecule has 3 heterocycles. The molecule has 0 aliphatic carbocycles. The van der Waals surface area contributed by atoms with Crippen molar-refractivity contribution in [2.75, 3.05) is 26.2 Å². The molecule has 8 heteroatoms. The second kappa shape index (κ2) is 15.5. The van der Waals surface area contributed by atoms with Crippen molar-refractivity contribution < 1.29 is 24.2 Å².